The Morgan fingerprint density at radius 2 is 1.55 bits per heavy atom. The molecular formula is C14H14BrNO3S. The smallest absolute Gasteiger partial charge is 0.261 e. The van der Waals surface area contributed by atoms with Crippen LogP contribution in [-0.2, 0) is 10.0 Å². The first kappa shape index (κ1) is 14.9. The molecule has 0 aliphatic rings. The van der Waals surface area contributed by atoms with E-state index in [2.05, 4.69) is 20.7 Å². The summed E-state index contributed by atoms with van der Waals surface area (Å²) in [5.74, 6) is 0.117. The van der Waals surface area contributed by atoms with Crippen LogP contribution in [0.1, 0.15) is 11.1 Å². The maximum atomic E-state index is 12.3. The lowest BCUT2D eigenvalue weighted by Crippen LogP contribution is -2.14. The van der Waals surface area contributed by atoms with E-state index < -0.39 is 10.0 Å². The van der Waals surface area contributed by atoms with Crippen molar-refractivity contribution in [2.24, 2.45) is 0 Å². The summed E-state index contributed by atoms with van der Waals surface area (Å²) < 4.78 is 28.0. The molecule has 0 heterocycles. The number of rotatable bonds is 3. The zero-order chi connectivity index (χ0) is 14.9. The highest BCUT2D eigenvalue weighted by molar-refractivity contribution is 9.10. The number of aryl methyl sites for hydroxylation is 2. The highest BCUT2D eigenvalue weighted by Gasteiger charge is 2.16. The van der Waals surface area contributed by atoms with Crippen molar-refractivity contribution < 1.29 is 13.5 Å². The second kappa shape index (κ2) is 5.46. The van der Waals surface area contributed by atoms with E-state index in [1.807, 2.05) is 0 Å². The Morgan fingerprint density at radius 1 is 1.05 bits per heavy atom. The molecule has 0 radical (unpaired) electrons. The van der Waals surface area contributed by atoms with Crippen molar-refractivity contribution in [3.8, 4) is 5.75 Å². The van der Waals surface area contributed by atoms with E-state index in [0.29, 0.717) is 16.8 Å². The molecule has 2 aromatic carbocycles. The third-order valence-corrected chi connectivity index (χ3v) is 4.77. The van der Waals surface area contributed by atoms with Crippen molar-refractivity contribution in [2.75, 3.05) is 4.72 Å². The van der Waals surface area contributed by atoms with Gasteiger partial charge < -0.3 is 5.11 Å². The fourth-order valence-corrected chi connectivity index (χ4v) is 3.38. The van der Waals surface area contributed by atoms with E-state index in [4.69, 9.17) is 0 Å². The Bertz CT molecular complexity index is 717. The number of nitrogens with one attached hydrogen (secondary N) is 1. The predicted octanol–water partition coefficient (Wildman–Crippen LogP) is 3.57. The van der Waals surface area contributed by atoms with Crippen LogP contribution < -0.4 is 4.72 Å². The zero-order valence-electron chi connectivity index (χ0n) is 11.0. The van der Waals surface area contributed by atoms with Crippen LogP contribution in [0.15, 0.2) is 45.8 Å². The Hall–Kier alpha value is -1.53. The van der Waals surface area contributed by atoms with E-state index in [1.165, 1.54) is 24.3 Å². The predicted molar refractivity (Wildman–Crippen MR) is 82.5 cm³/mol. The lowest BCUT2D eigenvalue weighted by molar-refractivity contribution is 0.474. The van der Waals surface area contributed by atoms with Crippen molar-refractivity contribution >= 4 is 31.6 Å². The minimum absolute atomic E-state index is 0.117. The maximum absolute atomic E-state index is 12.3. The summed E-state index contributed by atoms with van der Waals surface area (Å²) in [5, 5.41) is 9.48. The topological polar surface area (TPSA) is 66.4 Å². The van der Waals surface area contributed by atoms with Crippen LogP contribution in [-0.4, -0.2) is 13.5 Å². The summed E-state index contributed by atoms with van der Waals surface area (Å²) in [6.45, 7) is 3.48. The van der Waals surface area contributed by atoms with Crippen LogP contribution in [0.3, 0.4) is 0 Å². The molecule has 0 unspecified atom stereocenters. The van der Waals surface area contributed by atoms with E-state index >= 15 is 0 Å². The molecule has 0 amide bonds. The van der Waals surface area contributed by atoms with Crippen LogP contribution in [0.2, 0.25) is 0 Å². The molecule has 2 N–H and O–H groups in total. The van der Waals surface area contributed by atoms with Crippen LogP contribution in [0.5, 0.6) is 5.75 Å². The van der Waals surface area contributed by atoms with Gasteiger partial charge in [-0.3, -0.25) is 4.72 Å². The normalized spacial score (nSPS) is 11.3. The Labute approximate surface area is 126 Å². The average molecular weight is 356 g/mol. The number of anilines is 1. The number of phenolic OH excluding ortho intramolecular Hbond substituents is 1. The molecule has 0 aromatic heterocycles. The summed E-state index contributed by atoms with van der Waals surface area (Å²) in [5.41, 5.74) is 1.83. The molecule has 0 aliphatic heterocycles. The van der Waals surface area contributed by atoms with Gasteiger partial charge in [-0.25, -0.2) is 8.42 Å². The molecule has 20 heavy (non-hydrogen) atoms. The Morgan fingerprint density at radius 3 is 2.05 bits per heavy atom. The number of phenols is 1. The van der Waals surface area contributed by atoms with Crippen LogP contribution in [0, 0.1) is 13.8 Å². The lowest BCUT2D eigenvalue weighted by atomic mass is 10.1. The molecular weight excluding hydrogens is 342 g/mol. The number of hydrogen-bond acceptors (Lipinski definition) is 3. The molecule has 0 saturated carbocycles. The van der Waals surface area contributed by atoms with Crippen molar-refractivity contribution in [3.63, 3.8) is 0 Å². The van der Waals surface area contributed by atoms with E-state index in [9.17, 15) is 13.5 Å². The maximum Gasteiger partial charge on any atom is 0.261 e. The first-order valence-corrected chi connectivity index (χ1v) is 8.16. The van der Waals surface area contributed by atoms with Gasteiger partial charge >= 0.3 is 0 Å². The molecule has 0 bridgehead atoms. The summed E-state index contributed by atoms with van der Waals surface area (Å²) in [6, 6.07) is 9.43. The van der Waals surface area contributed by atoms with Gasteiger partial charge in [0.05, 0.1) is 10.6 Å². The Kier molecular flexibility index (Phi) is 4.06. The number of aromatic hydroxyl groups is 1. The van der Waals surface area contributed by atoms with Gasteiger partial charge in [0.2, 0.25) is 0 Å². The molecule has 6 heteroatoms. The van der Waals surface area contributed by atoms with E-state index in [-0.39, 0.29) is 10.6 Å². The first-order chi connectivity index (χ1) is 9.29. The van der Waals surface area contributed by atoms with Gasteiger partial charge in [-0.2, -0.15) is 0 Å². The molecule has 0 saturated heterocycles. The van der Waals surface area contributed by atoms with Crippen LogP contribution >= 0.6 is 15.9 Å². The van der Waals surface area contributed by atoms with Crippen molar-refractivity contribution in [2.45, 2.75) is 18.7 Å². The largest absolute Gasteiger partial charge is 0.508 e. The van der Waals surface area contributed by atoms with Gasteiger partial charge in [-0.15, -0.1) is 0 Å². The number of halogens is 1. The van der Waals surface area contributed by atoms with Gasteiger partial charge in [0.25, 0.3) is 10.0 Å². The van der Waals surface area contributed by atoms with Crippen molar-refractivity contribution in [3.05, 3.63) is 52.0 Å². The fourth-order valence-electron chi connectivity index (χ4n) is 1.91. The van der Waals surface area contributed by atoms with Crippen LogP contribution in [0.25, 0.3) is 0 Å². The third kappa shape index (κ3) is 3.13. The lowest BCUT2D eigenvalue weighted by Gasteiger charge is -2.13. The van der Waals surface area contributed by atoms with Crippen LogP contribution in [0.4, 0.5) is 5.69 Å². The highest BCUT2D eigenvalue weighted by atomic mass is 79.9. The Balaban J connectivity index is 2.41. The van der Waals surface area contributed by atoms with Gasteiger partial charge in [0.1, 0.15) is 5.75 Å². The minimum atomic E-state index is -3.64. The fraction of sp³-hybridized carbons (Fsp3) is 0.143. The van der Waals surface area contributed by atoms with Gasteiger partial charge in [0, 0.05) is 4.47 Å². The molecule has 2 rings (SSSR count). The summed E-state index contributed by atoms with van der Waals surface area (Å²) in [4.78, 5) is 0.188. The third-order valence-electron chi connectivity index (χ3n) is 2.88. The molecule has 106 valence electrons. The molecule has 0 fully saturated rings. The van der Waals surface area contributed by atoms with E-state index in [0.717, 1.165) is 4.47 Å². The second-order valence-corrected chi connectivity index (χ2v) is 7.11. The number of benzene rings is 2. The monoisotopic (exact) mass is 355 g/mol. The summed E-state index contributed by atoms with van der Waals surface area (Å²) in [6.07, 6.45) is 0. The minimum Gasteiger partial charge on any atom is -0.508 e. The van der Waals surface area contributed by atoms with Gasteiger partial charge in [-0.1, -0.05) is 15.9 Å². The second-order valence-electron chi connectivity index (χ2n) is 4.51. The molecule has 0 spiro atoms. The quantitative estimate of drug-likeness (QED) is 0.827. The first-order valence-electron chi connectivity index (χ1n) is 5.88. The summed E-state index contributed by atoms with van der Waals surface area (Å²) in [7, 11) is -3.64. The highest BCUT2D eigenvalue weighted by Crippen LogP contribution is 2.28. The SMILES string of the molecule is Cc1cc(O)cc(C)c1NS(=O)(=O)c1ccc(Br)cc1. The van der Waals surface area contributed by atoms with Gasteiger partial charge in [0.15, 0.2) is 0 Å². The summed E-state index contributed by atoms with van der Waals surface area (Å²) >= 11 is 3.27. The number of sulfonamides is 1. The molecule has 0 aliphatic carbocycles. The van der Waals surface area contributed by atoms with Crippen molar-refractivity contribution in [1.82, 2.24) is 0 Å². The zero-order valence-corrected chi connectivity index (χ0v) is 13.4. The van der Waals surface area contributed by atoms with E-state index in [1.54, 1.807) is 26.0 Å². The average Bonchev–Trinajstić information content (AvgIpc) is 2.34. The number of hydrogen-bond donors (Lipinski definition) is 2. The molecule has 4 nitrogen and oxygen atoms in total. The molecule has 0 atom stereocenters. The standard InChI is InChI=1S/C14H14BrNO3S/c1-9-7-12(17)8-10(2)14(9)16-20(18,19)13-5-3-11(15)4-6-13/h3-8,16-17H,1-2H3. The van der Waals surface area contributed by atoms with Gasteiger partial charge in [-0.05, 0) is 61.4 Å². The molecule has 2 aromatic rings. The van der Waals surface area contributed by atoms with Crippen molar-refractivity contribution in [1.29, 1.82) is 0 Å².